The molecule has 1 aromatic heterocycles. The van der Waals surface area contributed by atoms with E-state index in [1.165, 1.54) is 0 Å². The molecule has 0 N–H and O–H groups in total. The molecule has 2 rings (SSSR count). The van der Waals surface area contributed by atoms with Crippen LogP contribution >= 0.6 is 0 Å². The Hall–Kier alpha value is -2.16. The summed E-state index contributed by atoms with van der Waals surface area (Å²) in [5, 5.41) is 0. The topological polar surface area (TPSA) is 39.2 Å². The van der Waals surface area contributed by atoms with Crippen LogP contribution in [0.4, 0.5) is 0 Å². The third kappa shape index (κ3) is 3.91. The maximum absolute atomic E-state index is 12.2. The normalized spacial score (nSPS) is 10.2. The van der Waals surface area contributed by atoms with Crippen molar-refractivity contribution >= 4 is 5.78 Å². The average molecular weight is 255 g/mol. The molecule has 0 saturated heterocycles. The van der Waals surface area contributed by atoms with E-state index >= 15 is 0 Å². The highest BCUT2D eigenvalue weighted by molar-refractivity contribution is 5.97. The fourth-order valence-electron chi connectivity index (χ4n) is 1.77. The summed E-state index contributed by atoms with van der Waals surface area (Å²) in [7, 11) is 0. The largest absolute Gasteiger partial charge is 0.494 e. The van der Waals surface area contributed by atoms with Crippen LogP contribution in [-0.4, -0.2) is 17.4 Å². The van der Waals surface area contributed by atoms with E-state index in [2.05, 4.69) is 11.9 Å². The maximum atomic E-state index is 12.2. The van der Waals surface area contributed by atoms with Gasteiger partial charge in [0.25, 0.3) is 0 Å². The van der Waals surface area contributed by atoms with Crippen LogP contribution in [-0.2, 0) is 6.42 Å². The first-order valence-corrected chi connectivity index (χ1v) is 6.44. The Kier molecular flexibility index (Phi) is 4.67. The first-order valence-electron chi connectivity index (χ1n) is 6.44. The van der Waals surface area contributed by atoms with Crippen molar-refractivity contribution in [2.75, 3.05) is 6.61 Å². The van der Waals surface area contributed by atoms with Crippen molar-refractivity contribution in [3.63, 3.8) is 0 Å². The van der Waals surface area contributed by atoms with Gasteiger partial charge in [0.1, 0.15) is 5.75 Å². The molecule has 19 heavy (non-hydrogen) atoms. The highest BCUT2D eigenvalue weighted by atomic mass is 16.5. The van der Waals surface area contributed by atoms with Crippen molar-refractivity contribution in [1.82, 2.24) is 4.98 Å². The van der Waals surface area contributed by atoms with Crippen molar-refractivity contribution in [2.45, 2.75) is 19.8 Å². The summed E-state index contributed by atoms with van der Waals surface area (Å²) in [5.74, 6) is 0.828. The maximum Gasteiger partial charge on any atom is 0.167 e. The summed E-state index contributed by atoms with van der Waals surface area (Å²) in [6, 6.07) is 11.1. The molecule has 0 fully saturated rings. The van der Waals surface area contributed by atoms with Gasteiger partial charge in [-0.05, 0) is 30.2 Å². The minimum atomic E-state index is 0.0787. The zero-order valence-electron chi connectivity index (χ0n) is 11.0. The van der Waals surface area contributed by atoms with Crippen LogP contribution in [0.2, 0.25) is 0 Å². The standard InChI is InChI=1S/C16H17NO2/c1-2-9-19-15-7-3-6-14(11-15)16(18)10-13-5-4-8-17-12-13/h3-8,11-12H,2,9-10H2,1H3. The molecule has 0 radical (unpaired) electrons. The van der Waals surface area contributed by atoms with Crippen LogP contribution in [0.15, 0.2) is 48.8 Å². The predicted molar refractivity (Wildman–Crippen MR) is 74.5 cm³/mol. The van der Waals surface area contributed by atoms with E-state index in [1.807, 2.05) is 30.3 Å². The average Bonchev–Trinajstić information content (AvgIpc) is 2.46. The van der Waals surface area contributed by atoms with Crippen molar-refractivity contribution < 1.29 is 9.53 Å². The van der Waals surface area contributed by atoms with Crippen LogP contribution in [0.5, 0.6) is 5.75 Å². The number of rotatable bonds is 6. The lowest BCUT2D eigenvalue weighted by Gasteiger charge is -2.06. The van der Waals surface area contributed by atoms with Gasteiger partial charge in [-0.25, -0.2) is 0 Å². The zero-order chi connectivity index (χ0) is 13.5. The Morgan fingerprint density at radius 3 is 2.89 bits per heavy atom. The van der Waals surface area contributed by atoms with Gasteiger partial charge >= 0.3 is 0 Å². The number of ketones is 1. The molecule has 0 saturated carbocycles. The number of carbonyl (C=O) groups is 1. The molecule has 0 spiro atoms. The van der Waals surface area contributed by atoms with E-state index in [1.54, 1.807) is 18.5 Å². The van der Waals surface area contributed by atoms with Crippen molar-refractivity contribution in [3.05, 3.63) is 59.9 Å². The van der Waals surface area contributed by atoms with E-state index in [9.17, 15) is 4.79 Å². The van der Waals surface area contributed by atoms with Gasteiger partial charge in [0, 0.05) is 24.4 Å². The second kappa shape index (κ2) is 6.69. The van der Waals surface area contributed by atoms with Crippen molar-refractivity contribution in [1.29, 1.82) is 0 Å². The molecular formula is C16H17NO2. The number of aromatic nitrogens is 1. The van der Waals surface area contributed by atoms with E-state index in [-0.39, 0.29) is 5.78 Å². The SMILES string of the molecule is CCCOc1cccc(C(=O)Cc2cccnc2)c1. The Bertz CT molecular complexity index is 537. The third-order valence-electron chi connectivity index (χ3n) is 2.72. The summed E-state index contributed by atoms with van der Waals surface area (Å²) in [4.78, 5) is 16.2. The van der Waals surface area contributed by atoms with E-state index < -0.39 is 0 Å². The summed E-state index contributed by atoms with van der Waals surface area (Å²) in [6.07, 6.45) is 4.74. The fraction of sp³-hybridized carbons (Fsp3) is 0.250. The molecular weight excluding hydrogens is 238 g/mol. The molecule has 1 heterocycles. The number of hydrogen-bond donors (Lipinski definition) is 0. The van der Waals surface area contributed by atoms with Gasteiger partial charge in [0.15, 0.2) is 5.78 Å². The number of pyridine rings is 1. The molecule has 1 aromatic carbocycles. The first kappa shape index (κ1) is 13.3. The molecule has 0 atom stereocenters. The third-order valence-corrected chi connectivity index (χ3v) is 2.72. The van der Waals surface area contributed by atoms with Gasteiger partial charge in [-0.2, -0.15) is 0 Å². The smallest absolute Gasteiger partial charge is 0.167 e. The lowest BCUT2D eigenvalue weighted by molar-refractivity contribution is 0.0992. The minimum absolute atomic E-state index is 0.0787. The van der Waals surface area contributed by atoms with Crippen LogP contribution in [0, 0.1) is 0 Å². The number of hydrogen-bond acceptors (Lipinski definition) is 3. The number of Topliss-reactive ketones (excluding diaryl/α,β-unsaturated/α-hetero) is 1. The molecule has 3 nitrogen and oxygen atoms in total. The monoisotopic (exact) mass is 255 g/mol. The number of ether oxygens (including phenoxy) is 1. The van der Waals surface area contributed by atoms with Crippen LogP contribution < -0.4 is 4.74 Å². The molecule has 0 aliphatic heterocycles. The van der Waals surface area contributed by atoms with Crippen LogP contribution in [0.25, 0.3) is 0 Å². The fourth-order valence-corrected chi connectivity index (χ4v) is 1.77. The van der Waals surface area contributed by atoms with Crippen LogP contribution in [0.1, 0.15) is 29.3 Å². The summed E-state index contributed by atoms with van der Waals surface area (Å²) in [5.41, 5.74) is 1.60. The van der Waals surface area contributed by atoms with Gasteiger partial charge < -0.3 is 4.74 Å². The van der Waals surface area contributed by atoms with Gasteiger partial charge in [-0.1, -0.05) is 25.1 Å². The van der Waals surface area contributed by atoms with E-state index in [4.69, 9.17) is 4.74 Å². The number of carbonyl (C=O) groups excluding carboxylic acids is 1. The molecule has 0 aliphatic rings. The molecule has 0 unspecified atom stereocenters. The van der Waals surface area contributed by atoms with E-state index in [0.29, 0.717) is 18.6 Å². The Morgan fingerprint density at radius 2 is 2.16 bits per heavy atom. The first-order chi connectivity index (χ1) is 9.29. The second-order valence-electron chi connectivity index (χ2n) is 4.34. The Labute approximate surface area is 113 Å². The van der Waals surface area contributed by atoms with Gasteiger partial charge in [-0.3, -0.25) is 9.78 Å². The molecule has 0 amide bonds. The molecule has 98 valence electrons. The summed E-state index contributed by atoms with van der Waals surface area (Å²) in [6.45, 7) is 2.72. The lowest BCUT2D eigenvalue weighted by atomic mass is 10.0. The van der Waals surface area contributed by atoms with Gasteiger partial charge in [-0.15, -0.1) is 0 Å². The minimum Gasteiger partial charge on any atom is -0.494 e. The highest BCUT2D eigenvalue weighted by Crippen LogP contribution is 2.15. The summed E-state index contributed by atoms with van der Waals surface area (Å²) >= 11 is 0. The van der Waals surface area contributed by atoms with E-state index in [0.717, 1.165) is 17.7 Å². The van der Waals surface area contributed by atoms with Crippen LogP contribution in [0.3, 0.4) is 0 Å². The van der Waals surface area contributed by atoms with Gasteiger partial charge in [0.05, 0.1) is 6.61 Å². The lowest BCUT2D eigenvalue weighted by Crippen LogP contribution is -2.04. The molecule has 2 aromatic rings. The number of nitrogens with zero attached hydrogens (tertiary/aromatic N) is 1. The number of benzene rings is 1. The highest BCUT2D eigenvalue weighted by Gasteiger charge is 2.08. The quantitative estimate of drug-likeness (QED) is 0.743. The molecule has 0 aliphatic carbocycles. The predicted octanol–water partition coefficient (Wildman–Crippen LogP) is 3.30. The molecule has 3 heteroatoms. The second-order valence-corrected chi connectivity index (χ2v) is 4.34. The molecule has 0 bridgehead atoms. The zero-order valence-corrected chi connectivity index (χ0v) is 11.0. The Balaban J connectivity index is 2.06. The van der Waals surface area contributed by atoms with Crippen molar-refractivity contribution in [2.24, 2.45) is 0 Å². The van der Waals surface area contributed by atoms with Gasteiger partial charge in [0.2, 0.25) is 0 Å². The Morgan fingerprint density at radius 1 is 1.26 bits per heavy atom. The summed E-state index contributed by atoms with van der Waals surface area (Å²) < 4.78 is 5.53. The van der Waals surface area contributed by atoms with Crippen molar-refractivity contribution in [3.8, 4) is 5.75 Å².